The molecule has 0 bridgehead atoms. The van der Waals surface area contributed by atoms with E-state index in [0.29, 0.717) is 0 Å². The highest BCUT2D eigenvalue weighted by Gasteiger charge is 2.03. The fourth-order valence-electron chi connectivity index (χ4n) is 3.59. The molecule has 0 atom stereocenters. The molecule has 0 aromatic heterocycles. The monoisotopic (exact) mass is 509 g/mol. The molecular weight excluding hydrogens is 474 g/mol. The van der Waals surface area contributed by atoms with Crippen molar-refractivity contribution in [3.8, 4) is 23.0 Å². The number of hydrogen-bond donors (Lipinski definition) is 1. The van der Waals surface area contributed by atoms with Crippen LogP contribution in [0.1, 0.15) is 22.3 Å². The van der Waals surface area contributed by atoms with Gasteiger partial charge in [0.1, 0.15) is 23.0 Å². The van der Waals surface area contributed by atoms with Gasteiger partial charge in [0.2, 0.25) is 0 Å². The Morgan fingerprint density at radius 2 is 0.921 bits per heavy atom. The van der Waals surface area contributed by atoms with Crippen LogP contribution in [0.3, 0.4) is 0 Å². The second-order valence-electron chi connectivity index (χ2n) is 8.35. The molecule has 0 heterocycles. The molecule has 0 saturated carbocycles. The van der Waals surface area contributed by atoms with Crippen molar-refractivity contribution < 1.29 is 18.9 Å². The third kappa shape index (κ3) is 8.79. The number of rotatable bonds is 9. The molecule has 196 valence electrons. The standard InChI is InChI=1S/C18H18O2.C15H17NO2/c1-19-17-11-7-15(8-12-17)5-3-4-6-16-9-13-18(20-2)14-10-16;1-17-13-5-3-11(4-6-13)9-12-10-14(18-2)7-8-15(12)16/h3-14H,1-2H3;3-8,10H,9,16H2,1-2H3. The number of anilines is 1. The lowest BCUT2D eigenvalue weighted by molar-refractivity contribution is 0.414. The zero-order valence-electron chi connectivity index (χ0n) is 22.4. The first-order chi connectivity index (χ1) is 18.5. The summed E-state index contributed by atoms with van der Waals surface area (Å²) in [6, 6.07) is 29.6. The Bertz CT molecular complexity index is 1250. The van der Waals surface area contributed by atoms with Gasteiger partial charge in [0.25, 0.3) is 0 Å². The Morgan fingerprint density at radius 3 is 1.34 bits per heavy atom. The lowest BCUT2D eigenvalue weighted by Crippen LogP contribution is -1.97. The van der Waals surface area contributed by atoms with Crippen LogP contribution in [0.2, 0.25) is 0 Å². The van der Waals surface area contributed by atoms with Crippen LogP contribution in [0.25, 0.3) is 12.2 Å². The fraction of sp³-hybridized carbons (Fsp3) is 0.152. The molecule has 0 amide bonds. The van der Waals surface area contributed by atoms with E-state index >= 15 is 0 Å². The topological polar surface area (TPSA) is 62.9 Å². The number of allylic oxidation sites excluding steroid dienone is 2. The van der Waals surface area contributed by atoms with Crippen molar-refractivity contribution >= 4 is 17.8 Å². The van der Waals surface area contributed by atoms with Crippen LogP contribution in [0, 0.1) is 0 Å². The second-order valence-corrected chi connectivity index (χ2v) is 8.35. The van der Waals surface area contributed by atoms with Gasteiger partial charge in [-0.05, 0) is 83.3 Å². The molecule has 4 aromatic carbocycles. The number of methoxy groups -OCH3 is 4. The first-order valence-electron chi connectivity index (χ1n) is 12.2. The highest BCUT2D eigenvalue weighted by atomic mass is 16.5. The van der Waals surface area contributed by atoms with Gasteiger partial charge >= 0.3 is 0 Å². The molecule has 38 heavy (non-hydrogen) atoms. The maximum Gasteiger partial charge on any atom is 0.119 e. The number of ether oxygens (including phenoxy) is 4. The number of nitrogen functional groups attached to an aromatic ring is 1. The summed E-state index contributed by atoms with van der Waals surface area (Å²) in [6.07, 6.45) is 8.93. The van der Waals surface area contributed by atoms with Crippen molar-refractivity contribution in [1.82, 2.24) is 0 Å². The molecule has 5 heteroatoms. The lowest BCUT2D eigenvalue weighted by atomic mass is 10.0. The molecule has 4 rings (SSSR count). The van der Waals surface area contributed by atoms with Crippen molar-refractivity contribution in [2.75, 3.05) is 34.2 Å². The Morgan fingerprint density at radius 1 is 0.526 bits per heavy atom. The minimum atomic E-state index is 0.784. The van der Waals surface area contributed by atoms with E-state index in [2.05, 4.69) is 12.2 Å². The minimum absolute atomic E-state index is 0.784. The summed E-state index contributed by atoms with van der Waals surface area (Å²) in [5.41, 5.74) is 11.3. The smallest absolute Gasteiger partial charge is 0.119 e. The summed E-state index contributed by atoms with van der Waals surface area (Å²) in [4.78, 5) is 0. The summed E-state index contributed by atoms with van der Waals surface area (Å²) in [6.45, 7) is 0. The van der Waals surface area contributed by atoms with Crippen molar-refractivity contribution in [2.45, 2.75) is 6.42 Å². The molecule has 0 aliphatic heterocycles. The molecular formula is C33H35NO4. The van der Waals surface area contributed by atoms with Crippen LogP contribution in [0.5, 0.6) is 23.0 Å². The van der Waals surface area contributed by atoms with Gasteiger partial charge < -0.3 is 24.7 Å². The Labute approximate surface area is 225 Å². The van der Waals surface area contributed by atoms with Gasteiger partial charge in [-0.3, -0.25) is 0 Å². The summed E-state index contributed by atoms with van der Waals surface area (Å²) in [5, 5.41) is 0. The van der Waals surface area contributed by atoms with E-state index in [0.717, 1.165) is 51.8 Å². The number of benzene rings is 4. The van der Waals surface area contributed by atoms with E-state index in [4.69, 9.17) is 24.7 Å². The number of hydrogen-bond acceptors (Lipinski definition) is 5. The average molecular weight is 510 g/mol. The fourth-order valence-corrected chi connectivity index (χ4v) is 3.59. The van der Waals surface area contributed by atoms with Crippen LogP contribution < -0.4 is 24.7 Å². The van der Waals surface area contributed by atoms with E-state index in [1.807, 2.05) is 103 Å². The molecule has 5 nitrogen and oxygen atoms in total. The van der Waals surface area contributed by atoms with Crippen LogP contribution in [-0.2, 0) is 6.42 Å². The van der Waals surface area contributed by atoms with Gasteiger partial charge in [0.05, 0.1) is 28.4 Å². The third-order valence-corrected chi connectivity index (χ3v) is 5.82. The largest absolute Gasteiger partial charge is 0.497 e. The SMILES string of the molecule is COc1ccc(C=CC=Cc2ccc(OC)cc2)cc1.COc1ccc(Cc2cc(OC)ccc2N)cc1. The molecule has 0 spiro atoms. The van der Waals surface area contributed by atoms with E-state index in [1.54, 1.807) is 28.4 Å². The highest BCUT2D eigenvalue weighted by molar-refractivity contribution is 5.58. The predicted octanol–water partition coefficient (Wildman–Crippen LogP) is 7.31. The van der Waals surface area contributed by atoms with Gasteiger partial charge in [-0.15, -0.1) is 0 Å². The van der Waals surface area contributed by atoms with Gasteiger partial charge in [0.15, 0.2) is 0 Å². The van der Waals surface area contributed by atoms with Crippen LogP contribution in [0.4, 0.5) is 5.69 Å². The minimum Gasteiger partial charge on any atom is -0.497 e. The van der Waals surface area contributed by atoms with Crippen LogP contribution >= 0.6 is 0 Å². The normalized spacial score (nSPS) is 10.6. The van der Waals surface area contributed by atoms with Gasteiger partial charge in [-0.2, -0.15) is 0 Å². The quantitative estimate of drug-likeness (QED) is 0.189. The van der Waals surface area contributed by atoms with E-state index < -0.39 is 0 Å². The molecule has 0 aliphatic carbocycles. The molecule has 0 radical (unpaired) electrons. The Hall–Kier alpha value is -4.64. The summed E-state index contributed by atoms with van der Waals surface area (Å²) in [7, 11) is 6.66. The van der Waals surface area contributed by atoms with Crippen molar-refractivity contribution in [2.24, 2.45) is 0 Å². The van der Waals surface area contributed by atoms with Crippen molar-refractivity contribution in [1.29, 1.82) is 0 Å². The van der Waals surface area contributed by atoms with Crippen LogP contribution in [-0.4, -0.2) is 28.4 Å². The van der Waals surface area contributed by atoms with E-state index in [1.165, 1.54) is 5.56 Å². The maximum absolute atomic E-state index is 5.97. The Kier molecular flexibility index (Phi) is 10.9. The summed E-state index contributed by atoms with van der Waals surface area (Å²) < 4.78 is 20.6. The number of nitrogens with two attached hydrogens (primary N) is 1. The van der Waals surface area contributed by atoms with Crippen LogP contribution in [0.15, 0.2) is 103 Å². The molecule has 0 fully saturated rings. The van der Waals surface area contributed by atoms with E-state index in [-0.39, 0.29) is 0 Å². The van der Waals surface area contributed by atoms with Gasteiger partial charge in [0, 0.05) is 5.69 Å². The molecule has 0 unspecified atom stereocenters. The molecule has 0 saturated heterocycles. The molecule has 0 aliphatic rings. The Balaban J connectivity index is 0.000000212. The lowest BCUT2D eigenvalue weighted by Gasteiger charge is -2.09. The maximum atomic E-state index is 5.97. The zero-order valence-corrected chi connectivity index (χ0v) is 22.4. The summed E-state index contributed by atoms with van der Waals surface area (Å²) in [5.74, 6) is 3.43. The van der Waals surface area contributed by atoms with Crippen molar-refractivity contribution in [3.63, 3.8) is 0 Å². The molecule has 4 aromatic rings. The zero-order chi connectivity index (χ0) is 27.2. The average Bonchev–Trinajstić information content (AvgIpc) is 2.98. The predicted molar refractivity (Wildman–Crippen MR) is 157 cm³/mol. The van der Waals surface area contributed by atoms with Crippen molar-refractivity contribution in [3.05, 3.63) is 125 Å². The summed E-state index contributed by atoms with van der Waals surface area (Å²) >= 11 is 0. The molecule has 2 N–H and O–H groups in total. The van der Waals surface area contributed by atoms with Gasteiger partial charge in [-0.25, -0.2) is 0 Å². The highest BCUT2D eigenvalue weighted by Crippen LogP contribution is 2.23. The van der Waals surface area contributed by atoms with E-state index in [9.17, 15) is 0 Å². The first kappa shape index (κ1) is 27.9. The second kappa shape index (κ2) is 14.8. The third-order valence-electron chi connectivity index (χ3n) is 5.82. The first-order valence-corrected chi connectivity index (χ1v) is 12.2. The van der Waals surface area contributed by atoms with Gasteiger partial charge in [-0.1, -0.05) is 60.7 Å².